The molecular weight excluding hydrogens is 224 g/mol. The van der Waals surface area contributed by atoms with Crippen LogP contribution in [-0.4, -0.2) is 36.9 Å². The number of ether oxygens (including phenoxy) is 1. The minimum Gasteiger partial charge on any atom is -0.467 e. The second kappa shape index (κ2) is 7.05. The second-order valence-corrected chi connectivity index (χ2v) is 3.08. The predicted molar refractivity (Wildman–Crippen MR) is 53.5 cm³/mol. The smallest absolute Gasteiger partial charge is 0.328 e. The first kappa shape index (κ1) is 13.7. The van der Waals surface area contributed by atoms with E-state index in [4.69, 9.17) is 11.6 Å². The maximum Gasteiger partial charge on any atom is 0.328 e. The van der Waals surface area contributed by atoms with Crippen molar-refractivity contribution in [3.8, 4) is 0 Å². The van der Waals surface area contributed by atoms with Crippen molar-refractivity contribution in [2.45, 2.75) is 19.4 Å². The Morgan fingerprint density at radius 2 is 2.00 bits per heavy atom. The third-order valence-electron chi connectivity index (χ3n) is 1.48. The summed E-state index contributed by atoms with van der Waals surface area (Å²) in [6, 6.07) is -1.55. The number of amides is 3. The summed E-state index contributed by atoms with van der Waals surface area (Å²) in [6.07, 6.45) is 0.0432. The molecule has 0 aliphatic rings. The molecule has 0 heterocycles. The predicted octanol–water partition coefficient (Wildman–Crippen LogP) is 0.00260. The zero-order chi connectivity index (χ0) is 11.8. The number of hydrogen-bond donors (Lipinski definition) is 2. The number of halogens is 1. The molecule has 0 bridgehead atoms. The molecule has 0 aromatic heterocycles. The lowest BCUT2D eigenvalue weighted by atomic mass is 10.3. The molecule has 3 amide bonds. The Morgan fingerprint density at radius 1 is 1.40 bits per heavy atom. The molecule has 0 spiro atoms. The molecule has 0 aromatic carbocycles. The van der Waals surface area contributed by atoms with Crippen LogP contribution in [0.25, 0.3) is 0 Å². The van der Waals surface area contributed by atoms with Gasteiger partial charge in [0, 0.05) is 12.3 Å². The maximum absolute atomic E-state index is 11.1. The molecule has 86 valence electrons. The second-order valence-electron chi connectivity index (χ2n) is 2.71. The molecule has 2 N–H and O–H groups in total. The van der Waals surface area contributed by atoms with E-state index in [0.717, 1.165) is 0 Å². The van der Waals surface area contributed by atoms with E-state index in [9.17, 15) is 14.4 Å². The molecule has 0 aliphatic carbocycles. The first-order valence-electron chi connectivity index (χ1n) is 4.25. The molecule has 1 atom stereocenters. The van der Waals surface area contributed by atoms with Crippen LogP contribution >= 0.6 is 11.6 Å². The third kappa shape index (κ3) is 5.90. The van der Waals surface area contributed by atoms with E-state index < -0.39 is 23.9 Å². The molecule has 0 fully saturated rings. The molecule has 1 unspecified atom stereocenters. The van der Waals surface area contributed by atoms with E-state index in [1.807, 2.05) is 5.32 Å². The summed E-state index contributed by atoms with van der Waals surface area (Å²) in [5.41, 5.74) is 0. The lowest BCUT2D eigenvalue weighted by Gasteiger charge is -2.11. The van der Waals surface area contributed by atoms with Gasteiger partial charge in [0.05, 0.1) is 7.11 Å². The van der Waals surface area contributed by atoms with Crippen LogP contribution in [0.3, 0.4) is 0 Å². The van der Waals surface area contributed by atoms with Gasteiger partial charge < -0.3 is 10.1 Å². The molecule has 0 rings (SSSR count). The fourth-order valence-corrected chi connectivity index (χ4v) is 0.915. The van der Waals surface area contributed by atoms with Crippen molar-refractivity contribution < 1.29 is 19.1 Å². The van der Waals surface area contributed by atoms with Crippen LogP contribution in [0.2, 0.25) is 0 Å². The Kier molecular flexibility index (Phi) is 6.44. The van der Waals surface area contributed by atoms with Crippen molar-refractivity contribution in [1.29, 1.82) is 0 Å². The van der Waals surface area contributed by atoms with Crippen molar-refractivity contribution in [3.63, 3.8) is 0 Å². The molecule has 6 nitrogen and oxygen atoms in total. The van der Waals surface area contributed by atoms with E-state index >= 15 is 0 Å². The Balaban J connectivity index is 3.93. The maximum atomic E-state index is 11.1. The summed E-state index contributed by atoms with van der Waals surface area (Å²) in [4.78, 5) is 32.9. The molecule has 15 heavy (non-hydrogen) atoms. The van der Waals surface area contributed by atoms with Gasteiger partial charge in [-0.25, -0.2) is 9.59 Å². The number of carbonyl (C=O) groups is 3. The van der Waals surface area contributed by atoms with Crippen LogP contribution in [0.1, 0.15) is 13.3 Å². The lowest BCUT2D eigenvalue weighted by molar-refractivity contribution is -0.142. The number of methoxy groups -OCH3 is 1. The highest BCUT2D eigenvalue weighted by atomic mass is 35.5. The van der Waals surface area contributed by atoms with Gasteiger partial charge in [-0.15, -0.1) is 11.6 Å². The third-order valence-corrected chi connectivity index (χ3v) is 1.67. The Bertz CT molecular complexity index is 257. The highest BCUT2D eigenvalue weighted by Crippen LogP contribution is 1.87. The summed E-state index contributed by atoms with van der Waals surface area (Å²) in [5.74, 6) is -0.958. The number of imide groups is 1. The zero-order valence-electron chi connectivity index (χ0n) is 8.50. The van der Waals surface area contributed by atoms with Crippen LogP contribution < -0.4 is 10.6 Å². The minimum absolute atomic E-state index is 0.0432. The molecule has 0 saturated carbocycles. The molecule has 0 saturated heterocycles. The first-order chi connectivity index (χ1) is 7.01. The summed E-state index contributed by atoms with van der Waals surface area (Å²) in [7, 11) is 1.21. The van der Waals surface area contributed by atoms with Crippen LogP contribution in [0, 0.1) is 0 Å². The summed E-state index contributed by atoms with van der Waals surface area (Å²) < 4.78 is 4.38. The van der Waals surface area contributed by atoms with E-state index in [-0.39, 0.29) is 12.3 Å². The fourth-order valence-electron chi connectivity index (χ4n) is 0.743. The molecular formula is C8H13ClN2O4. The SMILES string of the molecule is COC(=O)C(C)NC(=O)NC(=O)CCCl. The molecule has 0 aromatic rings. The highest BCUT2D eigenvalue weighted by Gasteiger charge is 2.16. The standard InChI is InChI=1S/C8H13ClN2O4/c1-5(7(13)15-2)10-8(14)11-6(12)3-4-9/h5H,3-4H2,1-2H3,(H2,10,11,12,14). The minimum atomic E-state index is -0.807. The summed E-state index contributed by atoms with van der Waals surface area (Å²) in [5, 5.41) is 4.24. The Morgan fingerprint density at radius 3 is 2.47 bits per heavy atom. The Labute approximate surface area is 92.3 Å². The average molecular weight is 237 g/mol. The van der Waals surface area contributed by atoms with E-state index in [1.165, 1.54) is 14.0 Å². The van der Waals surface area contributed by atoms with Gasteiger partial charge in [-0.1, -0.05) is 0 Å². The quantitative estimate of drug-likeness (QED) is 0.532. The van der Waals surface area contributed by atoms with E-state index in [1.54, 1.807) is 0 Å². The van der Waals surface area contributed by atoms with Crippen LogP contribution in [0.4, 0.5) is 4.79 Å². The number of carbonyl (C=O) groups excluding carboxylic acids is 3. The normalized spacial score (nSPS) is 11.4. The molecule has 0 radical (unpaired) electrons. The Hall–Kier alpha value is -1.30. The van der Waals surface area contributed by atoms with E-state index in [2.05, 4.69) is 10.1 Å². The van der Waals surface area contributed by atoms with Crippen LogP contribution in [0.15, 0.2) is 0 Å². The number of alkyl halides is 1. The topological polar surface area (TPSA) is 84.5 Å². The number of nitrogens with one attached hydrogen (secondary N) is 2. The van der Waals surface area contributed by atoms with E-state index in [0.29, 0.717) is 0 Å². The van der Waals surface area contributed by atoms with Gasteiger partial charge in [-0.3, -0.25) is 10.1 Å². The highest BCUT2D eigenvalue weighted by molar-refractivity contribution is 6.19. The fraction of sp³-hybridized carbons (Fsp3) is 0.625. The number of hydrogen-bond acceptors (Lipinski definition) is 4. The van der Waals surface area contributed by atoms with Crippen molar-refractivity contribution in [2.75, 3.05) is 13.0 Å². The summed E-state index contributed by atoms with van der Waals surface area (Å²) in [6.45, 7) is 1.44. The first-order valence-corrected chi connectivity index (χ1v) is 4.78. The number of rotatable bonds is 4. The molecule has 0 aliphatic heterocycles. The van der Waals surface area contributed by atoms with Gasteiger partial charge in [0.1, 0.15) is 6.04 Å². The summed E-state index contributed by atoms with van der Waals surface area (Å²) >= 11 is 5.29. The number of esters is 1. The van der Waals surface area contributed by atoms with Crippen molar-refractivity contribution in [2.24, 2.45) is 0 Å². The van der Waals surface area contributed by atoms with Crippen LogP contribution in [0.5, 0.6) is 0 Å². The monoisotopic (exact) mass is 236 g/mol. The van der Waals surface area contributed by atoms with Gasteiger partial charge in [0.15, 0.2) is 0 Å². The number of urea groups is 1. The van der Waals surface area contributed by atoms with Gasteiger partial charge in [0.2, 0.25) is 5.91 Å². The van der Waals surface area contributed by atoms with Gasteiger partial charge in [-0.05, 0) is 6.92 Å². The van der Waals surface area contributed by atoms with Crippen molar-refractivity contribution in [1.82, 2.24) is 10.6 Å². The van der Waals surface area contributed by atoms with Gasteiger partial charge >= 0.3 is 12.0 Å². The van der Waals surface area contributed by atoms with Gasteiger partial charge in [-0.2, -0.15) is 0 Å². The van der Waals surface area contributed by atoms with Crippen molar-refractivity contribution >= 4 is 29.5 Å². The lowest BCUT2D eigenvalue weighted by Crippen LogP contribution is -2.46. The van der Waals surface area contributed by atoms with Crippen LogP contribution in [-0.2, 0) is 14.3 Å². The average Bonchev–Trinajstić information content (AvgIpc) is 2.16. The molecule has 7 heteroatoms. The largest absolute Gasteiger partial charge is 0.467 e. The van der Waals surface area contributed by atoms with Crippen molar-refractivity contribution in [3.05, 3.63) is 0 Å². The zero-order valence-corrected chi connectivity index (χ0v) is 9.26. The van der Waals surface area contributed by atoms with Gasteiger partial charge in [0.25, 0.3) is 0 Å².